The maximum atomic E-state index is 11.0. The Morgan fingerprint density at radius 2 is 2.12 bits per heavy atom. The number of piperidine rings is 1. The summed E-state index contributed by atoms with van der Waals surface area (Å²) in [5.74, 6) is 0.158. The monoisotopic (exact) mass is 347 g/mol. The topological polar surface area (TPSA) is 75.5 Å². The molecule has 126 valence electrons. The van der Waals surface area contributed by atoms with Crippen molar-refractivity contribution in [3.05, 3.63) is 47.2 Å². The Labute approximate surface area is 145 Å². The van der Waals surface area contributed by atoms with E-state index in [-0.39, 0.29) is 5.92 Å². The number of carboxylic acids is 1. The molecule has 0 unspecified atom stereocenters. The van der Waals surface area contributed by atoms with Gasteiger partial charge in [0.1, 0.15) is 6.61 Å². The highest BCUT2D eigenvalue weighted by atomic mass is 35.5. The van der Waals surface area contributed by atoms with E-state index in [4.69, 9.17) is 21.4 Å². The summed E-state index contributed by atoms with van der Waals surface area (Å²) >= 11 is 5.96. The van der Waals surface area contributed by atoms with Gasteiger partial charge in [0.05, 0.1) is 18.3 Å². The number of hydrogen-bond donors (Lipinski definition) is 1. The minimum Gasteiger partial charge on any atom is -0.481 e. The Morgan fingerprint density at radius 3 is 2.83 bits per heavy atom. The molecule has 7 heteroatoms. The molecule has 1 fully saturated rings. The first-order valence-corrected chi connectivity index (χ1v) is 8.16. The highest BCUT2D eigenvalue weighted by Gasteiger charge is 2.25. The Bertz CT molecular complexity index is 718. The van der Waals surface area contributed by atoms with Crippen molar-refractivity contribution in [2.24, 2.45) is 5.92 Å². The van der Waals surface area contributed by atoms with E-state index < -0.39 is 5.97 Å². The number of nitrogens with zero attached hydrogens (tertiary/aromatic N) is 3. The van der Waals surface area contributed by atoms with Crippen molar-refractivity contribution in [1.29, 1.82) is 0 Å². The smallest absolute Gasteiger partial charge is 0.306 e. The number of anilines is 1. The van der Waals surface area contributed by atoms with Gasteiger partial charge in [-0.05, 0) is 30.5 Å². The van der Waals surface area contributed by atoms with Crippen molar-refractivity contribution in [2.75, 3.05) is 18.0 Å². The lowest BCUT2D eigenvalue weighted by atomic mass is 9.97. The summed E-state index contributed by atoms with van der Waals surface area (Å²) in [5.41, 5.74) is 0.956. The van der Waals surface area contributed by atoms with Gasteiger partial charge < -0.3 is 14.7 Å². The molecule has 0 amide bonds. The summed E-state index contributed by atoms with van der Waals surface area (Å²) in [5, 5.41) is 9.73. The van der Waals surface area contributed by atoms with Gasteiger partial charge in [-0.3, -0.25) is 9.78 Å². The van der Waals surface area contributed by atoms with Crippen molar-refractivity contribution in [2.45, 2.75) is 19.4 Å². The third kappa shape index (κ3) is 4.14. The first kappa shape index (κ1) is 16.5. The minimum atomic E-state index is -0.723. The maximum absolute atomic E-state index is 11.0. The number of rotatable bonds is 5. The molecule has 1 aromatic carbocycles. The molecule has 0 aliphatic carbocycles. The van der Waals surface area contributed by atoms with E-state index in [0.29, 0.717) is 49.3 Å². The fourth-order valence-corrected chi connectivity index (χ4v) is 2.91. The van der Waals surface area contributed by atoms with Gasteiger partial charge in [0.25, 0.3) is 0 Å². The predicted molar refractivity (Wildman–Crippen MR) is 90.4 cm³/mol. The molecule has 0 radical (unpaired) electrons. The molecule has 1 aliphatic heterocycles. The summed E-state index contributed by atoms with van der Waals surface area (Å²) in [6, 6.07) is 7.46. The van der Waals surface area contributed by atoms with Gasteiger partial charge in [0.15, 0.2) is 5.82 Å². The zero-order chi connectivity index (χ0) is 16.9. The number of aromatic nitrogens is 2. The zero-order valence-corrected chi connectivity index (χ0v) is 13.8. The van der Waals surface area contributed by atoms with Crippen LogP contribution in [0, 0.1) is 5.92 Å². The van der Waals surface area contributed by atoms with E-state index in [1.165, 1.54) is 0 Å². The van der Waals surface area contributed by atoms with Crippen molar-refractivity contribution in [1.82, 2.24) is 9.97 Å². The highest BCUT2D eigenvalue weighted by Crippen LogP contribution is 2.23. The van der Waals surface area contributed by atoms with Crippen molar-refractivity contribution < 1.29 is 14.6 Å². The van der Waals surface area contributed by atoms with Gasteiger partial charge in [-0.15, -0.1) is 0 Å². The molecule has 1 aromatic heterocycles. The van der Waals surface area contributed by atoms with Crippen LogP contribution in [0.15, 0.2) is 36.7 Å². The summed E-state index contributed by atoms with van der Waals surface area (Å²) in [6.07, 6.45) is 4.47. The van der Waals surface area contributed by atoms with Gasteiger partial charge in [-0.1, -0.05) is 23.7 Å². The molecule has 1 aliphatic rings. The third-order valence-electron chi connectivity index (χ3n) is 4.04. The summed E-state index contributed by atoms with van der Waals surface area (Å²) < 4.78 is 5.68. The molecule has 1 saturated heterocycles. The van der Waals surface area contributed by atoms with E-state index in [1.807, 2.05) is 29.2 Å². The van der Waals surface area contributed by atoms with Crippen LogP contribution in [-0.4, -0.2) is 34.1 Å². The normalized spacial score (nSPS) is 15.3. The first-order valence-electron chi connectivity index (χ1n) is 7.79. The maximum Gasteiger partial charge on any atom is 0.306 e. The lowest BCUT2D eigenvalue weighted by molar-refractivity contribution is -0.142. The lowest BCUT2D eigenvalue weighted by Gasteiger charge is -2.30. The number of benzene rings is 1. The van der Waals surface area contributed by atoms with E-state index in [2.05, 4.69) is 9.97 Å². The van der Waals surface area contributed by atoms with Gasteiger partial charge in [-0.2, -0.15) is 4.98 Å². The van der Waals surface area contributed by atoms with Crippen molar-refractivity contribution in [3.8, 4) is 5.88 Å². The molecular weight excluding hydrogens is 330 g/mol. The summed E-state index contributed by atoms with van der Waals surface area (Å²) in [6.45, 7) is 1.67. The quantitative estimate of drug-likeness (QED) is 0.896. The van der Waals surface area contributed by atoms with Crippen LogP contribution >= 0.6 is 11.6 Å². The Balaban J connectivity index is 1.61. The Hall–Kier alpha value is -2.34. The second-order valence-corrected chi connectivity index (χ2v) is 6.17. The average molecular weight is 348 g/mol. The number of carboxylic acid groups (broad SMARTS) is 1. The lowest BCUT2D eigenvalue weighted by Crippen LogP contribution is -2.36. The van der Waals surface area contributed by atoms with Gasteiger partial charge in [-0.25, -0.2) is 0 Å². The predicted octanol–water partition coefficient (Wildman–Crippen LogP) is 3.01. The fourth-order valence-electron chi connectivity index (χ4n) is 2.70. The SMILES string of the molecule is O=C(O)C1CCN(c2cncc(OCc3cccc(Cl)c3)n2)CC1. The van der Waals surface area contributed by atoms with Crippen LogP contribution < -0.4 is 9.64 Å². The van der Waals surface area contributed by atoms with Gasteiger partial charge >= 0.3 is 5.97 Å². The summed E-state index contributed by atoms with van der Waals surface area (Å²) in [7, 11) is 0. The van der Waals surface area contributed by atoms with E-state index in [0.717, 1.165) is 5.56 Å². The summed E-state index contributed by atoms with van der Waals surface area (Å²) in [4.78, 5) is 21.7. The first-order chi connectivity index (χ1) is 11.6. The average Bonchev–Trinajstić information content (AvgIpc) is 2.60. The molecule has 6 nitrogen and oxygen atoms in total. The van der Waals surface area contributed by atoms with E-state index in [1.54, 1.807) is 12.4 Å². The second kappa shape index (κ2) is 7.49. The number of carbonyl (C=O) groups is 1. The molecule has 3 rings (SSSR count). The van der Waals surface area contributed by atoms with Crippen molar-refractivity contribution >= 4 is 23.4 Å². The minimum absolute atomic E-state index is 0.267. The molecule has 0 spiro atoms. The molecule has 24 heavy (non-hydrogen) atoms. The Kier molecular flexibility index (Phi) is 5.15. The number of hydrogen-bond acceptors (Lipinski definition) is 5. The number of ether oxygens (including phenoxy) is 1. The zero-order valence-electron chi connectivity index (χ0n) is 13.1. The molecule has 0 atom stereocenters. The molecule has 2 heterocycles. The van der Waals surface area contributed by atoms with Crippen molar-refractivity contribution in [3.63, 3.8) is 0 Å². The largest absolute Gasteiger partial charge is 0.481 e. The third-order valence-corrected chi connectivity index (χ3v) is 4.28. The van der Waals surface area contributed by atoms with Crippen LogP contribution in [0.5, 0.6) is 5.88 Å². The highest BCUT2D eigenvalue weighted by molar-refractivity contribution is 6.30. The molecular formula is C17H18ClN3O3. The van der Waals surface area contributed by atoms with Crippen LogP contribution in [0.25, 0.3) is 0 Å². The van der Waals surface area contributed by atoms with Crippen LogP contribution in [0.2, 0.25) is 5.02 Å². The molecule has 0 bridgehead atoms. The van der Waals surface area contributed by atoms with E-state index in [9.17, 15) is 4.79 Å². The second-order valence-electron chi connectivity index (χ2n) is 5.73. The van der Waals surface area contributed by atoms with Crippen LogP contribution in [0.1, 0.15) is 18.4 Å². The molecule has 2 aromatic rings. The number of halogens is 1. The fraction of sp³-hybridized carbons (Fsp3) is 0.353. The van der Waals surface area contributed by atoms with Crippen LogP contribution in [0.3, 0.4) is 0 Å². The van der Waals surface area contributed by atoms with Gasteiger partial charge in [0, 0.05) is 18.1 Å². The number of aliphatic carboxylic acids is 1. The molecule has 1 N–H and O–H groups in total. The Morgan fingerprint density at radius 1 is 1.33 bits per heavy atom. The van der Waals surface area contributed by atoms with Gasteiger partial charge in [0.2, 0.25) is 5.88 Å². The molecule has 0 saturated carbocycles. The van der Waals surface area contributed by atoms with Crippen LogP contribution in [-0.2, 0) is 11.4 Å². The van der Waals surface area contributed by atoms with Crippen LogP contribution in [0.4, 0.5) is 5.82 Å². The standard InChI is InChI=1S/C17H18ClN3O3/c18-14-3-1-2-12(8-14)11-24-16-10-19-9-15(20-16)21-6-4-13(5-7-21)17(22)23/h1-3,8-10,13H,4-7,11H2,(H,22,23). The van der Waals surface area contributed by atoms with E-state index >= 15 is 0 Å².